The van der Waals surface area contributed by atoms with Crippen LogP contribution in [0.1, 0.15) is 18.1 Å². The first-order valence-electron chi connectivity index (χ1n) is 9.23. The molecule has 2 amide bonds. The molecule has 1 fully saturated rings. The lowest BCUT2D eigenvalue weighted by molar-refractivity contribution is -0.143. The van der Waals surface area contributed by atoms with Crippen molar-refractivity contribution in [3.05, 3.63) is 65.2 Å². The average Bonchev–Trinajstić information content (AvgIpc) is 2.76. The van der Waals surface area contributed by atoms with Crippen molar-refractivity contribution in [2.45, 2.75) is 13.3 Å². The lowest BCUT2D eigenvalue weighted by Crippen LogP contribution is -2.54. The third-order valence-corrected chi connectivity index (χ3v) is 4.76. The molecular formula is C22H20N2O5S. The minimum Gasteiger partial charge on any atom is -0.482 e. The van der Waals surface area contributed by atoms with Crippen LogP contribution in [0.5, 0.6) is 5.75 Å². The third-order valence-electron chi connectivity index (χ3n) is 4.48. The minimum atomic E-state index is -0.558. The van der Waals surface area contributed by atoms with E-state index in [2.05, 4.69) is 10.1 Å². The molecule has 0 bridgehead atoms. The van der Waals surface area contributed by atoms with E-state index in [0.29, 0.717) is 17.0 Å². The van der Waals surface area contributed by atoms with Crippen LogP contribution in [0, 0.1) is 0 Å². The number of carbonyl (C=O) groups is 3. The summed E-state index contributed by atoms with van der Waals surface area (Å²) in [6.45, 7) is 1.83. The van der Waals surface area contributed by atoms with E-state index in [9.17, 15) is 14.4 Å². The van der Waals surface area contributed by atoms with Gasteiger partial charge in [0, 0.05) is 0 Å². The van der Waals surface area contributed by atoms with Gasteiger partial charge in [0.25, 0.3) is 11.8 Å². The molecule has 3 rings (SSSR count). The van der Waals surface area contributed by atoms with Gasteiger partial charge < -0.3 is 9.47 Å². The van der Waals surface area contributed by atoms with E-state index >= 15 is 0 Å². The summed E-state index contributed by atoms with van der Waals surface area (Å²) in [4.78, 5) is 37.8. The third kappa shape index (κ3) is 4.72. The molecule has 0 aromatic heterocycles. The Morgan fingerprint density at radius 3 is 2.37 bits per heavy atom. The average molecular weight is 424 g/mol. The van der Waals surface area contributed by atoms with Crippen molar-refractivity contribution >= 4 is 46.9 Å². The Kier molecular flexibility index (Phi) is 6.58. The summed E-state index contributed by atoms with van der Waals surface area (Å²) in [5.74, 6) is -1.09. The van der Waals surface area contributed by atoms with Gasteiger partial charge in [0.05, 0.1) is 12.8 Å². The van der Waals surface area contributed by atoms with Crippen LogP contribution in [0.3, 0.4) is 0 Å². The molecule has 1 aliphatic rings. The fourth-order valence-corrected chi connectivity index (χ4v) is 3.08. The molecule has 8 heteroatoms. The summed E-state index contributed by atoms with van der Waals surface area (Å²) in [6, 6.07) is 14.0. The second kappa shape index (κ2) is 9.32. The number of thiocarbonyl (C=S) groups is 1. The minimum absolute atomic E-state index is 0.0357. The molecule has 0 spiro atoms. The first kappa shape index (κ1) is 21.2. The maximum Gasteiger partial charge on any atom is 0.343 e. The van der Waals surface area contributed by atoms with Crippen LogP contribution in [0.15, 0.2) is 54.1 Å². The van der Waals surface area contributed by atoms with Crippen molar-refractivity contribution in [3.63, 3.8) is 0 Å². The van der Waals surface area contributed by atoms with Gasteiger partial charge in [-0.05, 0) is 60.1 Å². The van der Waals surface area contributed by atoms with Crippen molar-refractivity contribution in [2.24, 2.45) is 0 Å². The number of hydrogen-bond acceptors (Lipinski definition) is 6. The highest BCUT2D eigenvalue weighted by Gasteiger charge is 2.34. The smallest absolute Gasteiger partial charge is 0.343 e. The van der Waals surface area contributed by atoms with Gasteiger partial charge in [0.15, 0.2) is 11.7 Å². The first-order valence-corrected chi connectivity index (χ1v) is 9.64. The second-order valence-corrected chi connectivity index (χ2v) is 6.80. The van der Waals surface area contributed by atoms with E-state index in [1.54, 1.807) is 36.4 Å². The number of hydrogen-bond donors (Lipinski definition) is 1. The second-order valence-electron chi connectivity index (χ2n) is 6.41. The van der Waals surface area contributed by atoms with E-state index < -0.39 is 17.8 Å². The Hall–Kier alpha value is -3.52. The van der Waals surface area contributed by atoms with Crippen LogP contribution < -0.4 is 15.0 Å². The number of methoxy groups -OCH3 is 1. The monoisotopic (exact) mass is 424 g/mol. The Morgan fingerprint density at radius 2 is 1.77 bits per heavy atom. The number of carbonyl (C=O) groups excluding carboxylic acids is 3. The number of esters is 1. The topological polar surface area (TPSA) is 84.9 Å². The molecule has 154 valence electrons. The van der Waals surface area contributed by atoms with E-state index in [1.165, 1.54) is 18.1 Å². The maximum absolute atomic E-state index is 13.0. The maximum atomic E-state index is 13.0. The zero-order chi connectivity index (χ0) is 21.7. The van der Waals surface area contributed by atoms with Gasteiger partial charge >= 0.3 is 5.97 Å². The number of ether oxygens (including phenoxy) is 2. The van der Waals surface area contributed by atoms with E-state index in [1.807, 2.05) is 19.1 Å². The van der Waals surface area contributed by atoms with Crippen molar-refractivity contribution in [1.82, 2.24) is 5.32 Å². The number of nitrogens with zero attached hydrogens (tertiary/aromatic N) is 1. The van der Waals surface area contributed by atoms with E-state index in [0.717, 1.165) is 12.0 Å². The van der Waals surface area contributed by atoms with Crippen LogP contribution in [0.25, 0.3) is 6.08 Å². The van der Waals surface area contributed by atoms with Crippen LogP contribution >= 0.6 is 12.2 Å². The van der Waals surface area contributed by atoms with Crippen molar-refractivity contribution in [2.75, 3.05) is 18.6 Å². The zero-order valence-electron chi connectivity index (χ0n) is 16.5. The molecule has 30 heavy (non-hydrogen) atoms. The highest BCUT2D eigenvalue weighted by Crippen LogP contribution is 2.23. The normalized spacial score (nSPS) is 15.2. The Balaban J connectivity index is 1.82. The molecule has 1 saturated heterocycles. The summed E-state index contributed by atoms with van der Waals surface area (Å²) < 4.78 is 9.80. The Morgan fingerprint density at radius 1 is 1.10 bits per heavy atom. The summed E-state index contributed by atoms with van der Waals surface area (Å²) >= 11 is 5.21. The molecule has 0 unspecified atom stereocenters. The van der Waals surface area contributed by atoms with Crippen LogP contribution in [-0.2, 0) is 25.5 Å². The quantitative estimate of drug-likeness (QED) is 0.332. The zero-order valence-corrected chi connectivity index (χ0v) is 17.3. The molecule has 7 nitrogen and oxygen atoms in total. The van der Waals surface area contributed by atoms with Crippen molar-refractivity contribution < 1.29 is 23.9 Å². The van der Waals surface area contributed by atoms with Gasteiger partial charge in [-0.2, -0.15) is 0 Å². The molecule has 1 heterocycles. The number of benzene rings is 2. The predicted octanol–water partition coefficient (Wildman–Crippen LogP) is 2.63. The van der Waals surface area contributed by atoms with Gasteiger partial charge in [-0.3, -0.25) is 19.8 Å². The number of nitrogens with one attached hydrogen (secondary N) is 1. The molecule has 1 aliphatic heterocycles. The highest BCUT2D eigenvalue weighted by molar-refractivity contribution is 7.80. The molecule has 0 aliphatic carbocycles. The van der Waals surface area contributed by atoms with Crippen LogP contribution in [0.4, 0.5) is 5.69 Å². The van der Waals surface area contributed by atoms with Crippen LogP contribution in [0.2, 0.25) is 0 Å². The van der Waals surface area contributed by atoms with Gasteiger partial charge in [-0.25, -0.2) is 4.79 Å². The molecule has 1 N–H and O–H groups in total. The SMILES string of the molecule is CCc1ccc(N2C(=O)/C(=C/c3ccc(OCC(=O)OC)cc3)C(=O)NC2=S)cc1. The van der Waals surface area contributed by atoms with Gasteiger partial charge in [0.2, 0.25) is 0 Å². The summed E-state index contributed by atoms with van der Waals surface area (Å²) in [6.07, 6.45) is 2.36. The molecule has 0 atom stereocenters. The highest BCUT2D eigenvalue weighted by atomic mass is 32.1. The number of anilines is 1. The van der Waals surface area contributed by atoms with E-state index in [4.69, 9.17) is 17.0 Å². The molecule has 0 radical (unpaired) electrons. The van der Waals surface area contributed by atoms with Crippen LogP contribution in [-0.4, -0.2) is 36.6 Å². The summed E-state index contributed by atoms with van der Waals surface area (Å²) in [7, 11) is 1.28. The lowest BCUT2D eigenvalue weighted by Gasteiger charge is -2.29. The number of aryl methyl sites for hydroxylation is 1. The van der Waals surface area contributed by atoms with Gasteiger partial charge in [-0.1, -0.05) is 31.2 Å². The fraction of sp³-hybridized carbons (Fsp3) is 0.182. The van der Waals surface area contributed by atoms with Gasteiger partial charge in [-0.15, -0.1) is 0 Å². The molecule has 0 saturated carbocycles. The van der Waals surface area contributed by atoms with Gasteiger partial charge in [0.1, 0.15) is 11.3 Å². The fourth-order valence-electron chi connectivity index (χ4n) is 2.80. The van der Waals surface area contributed by atoms with Crippen molar-refractivity contribution in [1.29, 1.82) is 0 Å². The Bertz CT molecular complexity index is 1010. The number of amides is 2. The first-order chi connectivity index (χ1) is 14.4. The molecule has 2 aromatic rings. The van der Waals surface area contributed by atoms with E-state index in [-0.39, 0.29) is 17.3 Å². The number of rotatable bonds is 6. The largest absolute Gasteiger partial charge is 0.482 e. The van der Waals surface area contributed by atoms with Crippen molar-refractivity contribution in [3.8, 4) is 5.75 Å². The summed E-state index contributed by atoms with van der Waals surface area (Å²) in [5, 5.41) is 2.60. The predicted molar refractivity (Wildman–Crippen MR) is 116 cm³/mol. The standard InChI is InChI=1S/C22H20N2O5S/c1-3-14-4-8-16(9-5-14)24-21(27)18(20(26)23-22(24)30)12-15-6-10-17(11-7-15)29-13-19(25)28-2/h4-12H,3,13H2,1-2H3,(H,23,26,30)/b18-12+. The Labute approximate surface area is 179 Å². The molecular weight excluding hydrogens is 404 g/mol. The lowest BCUT2D eigenvalue weighted by atomic mass is 10.1. The summed E-state index contributed by atoms with van der Waals surface area (Å²) in [5.41, 5.74) is 2.29. The molecule has 2 aromatic carbocycles.